The molecule has 2 aromatic rings. The van der Waals surface area contributed by atoms with E-state index in [9.17, 15) is 9.59 Å². The molecule has 0 radical (unpaired) electrons. The van der Waals surface area contributed by atoms with E-state index in [4.69, 9.17) is 21.7 Å². The first-order valence-electron chi connectivity index (χ1n) is 6.41. The van der Waals surface area contributed by atoms with Crippen molar-refractivity contribution in [3.63, 3.8) is 0 Å². The number of carboxylic acid groups (broad SMARTS) is 2. The normalized spacial score (nSPS) is 11.5. The maximum absolute atomic E-state index is 10.6. The van der Waals surface area contributed by atoms with Crippen LogP contribution < -0.4 is 11.5 Å². The Kier molecular flexibility index (Phi) is 6.38. The van der Waals surface area contributed by atoms with E-state index in [1.807, 2.05) is 30.5 Å². The molecule has 0 bridgehead atoms. The average Bonchev–Trinajstić information content (AvgIpc) is 2.83. The third-order valence-corrected chi connectivity index (χ3v) is 2.79. The van der Waals surface area contributed by atoms with Crippen LogP contribution in [0.4, 0.5) is 0 Å². The van der Waals surface area contributed by atoms with Crippen LogP contribution in [0.2, 0.25) is 0 Å². The second-order valence-corrected chi connectivity index (χ2v) is 4.44. The lowest BCUT2D eigenvalue weighted by atomic mass is 10.1. The van der Waals surface area contributed by atoms with E-state index in [0.717, 1.165) is 16.5 Å². The number of H-pyrrole nitrogens is 1. The fourth-order valence-corrected chi connectivity index (χ4v) is 1.75. The largest absolute Gasteiger partial charge is 0.481 e. The second kappa shape index (κ2) is 8.03. The molecule has 21 heavy (non-hydrogen) atoms. The Hall–Kier alpha value is -2.38. The Labute approximate surface area is 121 Å². The molecule has 2 rings (SSSR count). The molecule has 114 valence electrons. The fourth-order valence-electron chi connectivity index (χ4n) is 1.75. The lowest BCUT2D eigenvalue weighted by Gasteiger charge is -2.04. The van der Waals surface area contributed by atoms with Crippen molar-refractivity contribution in [3.05, 3.63) is 36.0 Å². The number of aromatic nitrogens is 1. The quantitative estimate of drug-likeness (QED) is 0.544. The molecule has 0 aliphatic rings. The summed E-state index contributed by atoms with van der Waals surface area (Å²) >= 11 is 0. The van der Waals surface area contributed by atoms with Crippen LogP contribution >= 0.6 is 0 Å². The van der Waals surface area contributed by atoms with Crippen LogP contribution in [0.5, 0.6) is 0 Å². The van der Waals surface area contributed by atoms with Crippen molar-refractivity contribution in [1.29, 1.82) is 0 Å². The molecule has 1 aromatic carbocycles. The molecule has 1 aromatic heterocycles. The summed E-state index contributed by atoms with van der Waals surface area (Å²) in [7, 11) is 0. The molecule has 0 aliphatic heterocycles. The Morgan fingerprint density at radius 3 is 2.43 bits per heavy atom. The third kappa shape index (κ3) is 5.25. The van der Waals surface area contributed by atoms with Crippen molar-refractivity contribution in [2.24, 2.45) is 11.5 Å². The van der Waals surface area contributed by atoms with E-state index in [2.05, 4.69) is 4.98 Å². The van der Waals surface area contributed by atoms with Gasteiger partial charge in [0.05, 0.1) is 6.42 Å². The van der Waals surface area contributed by atoms with E-state index in [0.29, 0.717) is 6.42 Å². The number of hydrogen-bond acceptors (Lipinski definition) is 4. The number of fused-ring (bicyclic) bond motifs is 1. The molecule has 0 amide bonds. The van der Waals surface area contributed by atoms with Gasteiger partial charge in [0.25, 0.3) is 0 Å². The van der Waals surface area contributed by atoms with Gasteiger partial charge in [0.15, 0.2) is 0 Å². The first-order valence-corrected chi connectivity index (χ1v) is 6.41. The van der Waals surface area contributed by atoms with Gasteiger partial charge in [-0.15, -0.1) is 0 Å². The molecule has 7 N–H and O–H groups in total. The van der Waals surface area contributed by atoms with Crippen molar-refractivity contribution in [3.8, 4) is 0 Å². The SMILES string of the molecule is NC(Cc1c[nH]c2ccccc12)C(=O)O.NCCC(=O)O. The number of benzene rings is 1. The average molecular weight is 293 g/mol. The number of aliphatic carboxylic acids is 2. The highest BCUT2D eigenvalue weighted by atomic mass is 16.4. The molecular weight excluding hydrogens is 274 g/mol. The highest BCUT2D eigenvalue weighted by Gasteiger charge is 2.14. The summed E-state index contributed by atoms with van der Waals surface area (Å²) in [4.78, 5) is 23.2. The summed E-state index contributed by atoms with van der Waals surface area (Å²) in [5, 5.41) is 17.6. The van der Waals surface area contributed by atoms with Crippen LogP contribution in [-0.4, -0.2) is 39.7 Å². The number of para-hydroxylation sites is 1. The molecule has 0 fully saturated rings. The molecule has 0 spiro atoms. The van der Waals surface area contributed by atoms with E-state index < -0.39 is 18.0 Å². The Balaban J connectivity index is 0.000000315. The predicted molar refractivity (Wildman–Crippen MR) is 78.9 cm³/mol. The van der Waals surface area contributed by atoms with E-state index >= 15 is 0 Å². The number of hydrogen-bond donors (Lipinski definition) is 5. The zero-order valence-electron chi connectivity index (χ0n) is 11.5. The van der Waals surface area contributed by atoms with Crippen LogP contribution in [0.15, 0.2) is 30.5 Å². The first-order chi connectivity index (χ1) is 9.95. The lowest BCUT2D eigenvalue weighted by Crippen LogP contribution is -2.32. The van der Waals surface area contributed by atoms with Gasteiger partial charge < -0.3 is 26.7 Å². The van der Waals surface area contributed by atoms with Gasteiger partial charge in [-0.05, 0) is 11.6 Å². The molecule has 0 saturated carbocycles. The van der Waals surface area contributed by atoms with Crippen molar-refractivity contribution in [2.75, 3.05) is 6.54 Å². The monoisotopic (exact) mass is 293 g/mol. The molecule has 1 atom stereocenters. The number of carboxylic acids is 2. The molecule has 7 heteroatoms. The second-order valence-electron chi connectivity index (χ2n) is 4.44. The summed E-state index contributed by atoms with van der Waals surface area (Å²) in [5.74, 6) is -1.81. The Morgan fingerprint density at radius 2 is 1.90 bits per heavy atom. The van der Waals surface area contributed by atoms with E-state index in [1.165, 1.54) is 0 Å². The Morgan fingerprint density at radius 1 is 1.24 bits per heavy atom. The Bertz CT molecular complexity index is 609. The van der Waals surface area contributed by atoms with E-state index in [1.54, 1.807) is 0 Å². The molecule has 0 aliphatic carbocycles. The number of nitrogens with two attached hydrogens (primary N) is 2. The van der Waals surface area contributed by atoms with Gasteiger partial charge in [0, 0.05) is 30.1 Å². The maximum Gasteiger partial charge on any atom is 0.320 e. The maximum atomic E-state index is 10.6. The highest BCUT2D eigenvalue weighted by Crippen LogP contribution is 2.18. The summed E-state index contributed by atoms with van der Waals surface area (Å²) in [6.45, 7) is 0.231. The smallest absolute Gasteiger partial charge is 0.320 e. The minimum absolute atomic E-state index is 0.0694. The van der Waals surface area contributed by atoms with Crippen LogP contribution in [0.25, 0.3) is 10.9 Å². The van der Waals surface area contributed by atoms with Gasteiger partial charge in [0.1, 0.15) is 6.04 Å². The summed E-state index contributed by atoms with van der Waals surface area (Å²) in [6.07, 6.45) is 2.23. The van der Waals surface area contributed by atoms with Gasteiger partial charge in [-0.3, -0.25) is 9.59 Å². The minimum atomic E-state index is -0.972. The fraction of sp³-hybridized carbons (Fsp3) is 0.286. The summed E-state index contributed by atoms with van der Waals surface area (Å²) in [6, 6.07) is 6.91. The molecule has 1 heterocycles. The van der Waals surface area contributed by atoms with Gasteiger partial charge in [-0.2, -0.15) is 0 Å². The van der Waals surface area contributed by atoms with Crippen molar-refractivity contribution < 1.29 is 19.8 Å². The topological polar surface area (TPSA) is 142 Å². The summed E-state index contributed by atoms with van der Waals surface area (Å²) in [5.41, 5.74) is 12.3. The van der Waals surface area contributed by atoms with Gasteiger partial charge in [-0.25, -0.2) is 0 Å². The first kappa shape index (κ1) is 16.7. The van der Waals surface area contributed by atoms with Crippen molar-refractivity contribution in [2.45, 2.75) is 18.9 Å². The van der Waals surface area contributed by atoms with E-state index in [-0.39, 0.29) is 13.0 Å². The standard InChI is InChI=1S/C11H12N2O2.C3H7NO2/c12-9(11(14)15)5-7-6-13-10-4-2-1-3-8(7)10;4-2-1-3(5)6/h1-4,6,9,13H,5,12H2,(H,14,15);1-2,4H2,(H,5,6). The van der Waals surface area contributed by atoms with Crippen LogP contribution in [0.3, 0.4) is 0 Å². The van der Waals surface area contributed by atoms with Crippen molar-refractivity contribution >= 4 is 22.8 Å². The number of nitrogens with one attached hydrogen (secondary N) is 1. The van der Waals surface area contributed by atoms with Gasteiger partial charge >= 0.3 is 11.9 Å². The zero-order chi connectivity index (χ0) is 15.8. The lowest BCUT2D eigenvalue weighted by molar-refractivity contribution is -0.138. The molecule has 1 unspecified atom stereocenters. The van der Waals surface area contributed by atoms with Gasteiger partial charge in [-0.1, -0.05) is 18.2 Å². The predicted octanol–water partition coefficient (Wildman–Crippen LogP) is 0.542. The number of carbonyl (C=O) groups is 2. The van der Waals surface area contributed by atoms with Crippen molar-refractivity contribution in [1.82, 2.24) is 4.98 Å². The number of rotatable bonds is 5. The summed E-state index contributed by atoms with van der Waals surface area (Å²) < 4.78 is 0. The van der Waals surface area contributed by atoms with Gasteiger partial charge in [0.2, 0.25) is 0 Å². The third-order valence-electron chi connectivity index (χ3n) is 2.79. The van der Waals surface area contributed by atoms with Crippen LogP contribution in [0.1, 0.15) is 12.0 Å². The molecule has 0 saturated heterocycles. The van der Waals surface area contributed by atoms with Crippen LogP contribution in [0, 0.1) is 0 Å². The molecule has 7 nitrogen and oxygen atoms in total. The number of aromatic amines is 1. The zero-order valence-corrected chi connectivity index (χ0v) is 11.5. The highest BCUT2D eigenvalue weighted by molar-refractivity contribution is 5.84. The van der Waals surface area contributed by atoms with Crippen LogP contribution in [-0.2, 0) is 16.0 Å². The molecular formula is C14H19N3O4. The minimum Gasteiger partial charge on any atom is -0.481 e.